The summed E-state index contributed by atoms with van der Waals surface area (Å²) in [5, 5.41) is 4.38. The average Bonchev–Trinajstić information content (AvgIpc) is 3.39. The molecule has 0 N–H and O–H groups in total. The van der Waals surface area contributed by atoms with Crippen molar-refractivity contribution in [2.75, 3.05) is 40.0 Å². The Balaban J connectivity index is 1.46. The lowest BCUT2D eigenvalue weighted by atomic mass is 10.1. The third-order valence-corrected chi connectivity index (χ3v) is 6.01. The number of morpholine rings is 1. The number of rotatable bonds is 8. The summed E-state index contributed by atoms with van der Waals surface area (Å²) < 4.78 is 16.7. The van der Waals surface area contributed by atoms with Crippen molar-refractivity contribution in [1.29, 1.82) is 0 Å². The molecule has 29 heavy (non-hydrogen) atoms. The zero-order valence-corrected chi connectivity index (χ0v) is 17.7. The van der Waals surface area contributed by atoms with E-state index >= 15 is 0 Å². The van der Waals surface area contributed by atoms with Gasteiger partial charge >= 0.3 is 0 Å². The maximum absolute atomic E-state index is 5.63. The number of benzene rings is 1. The van der Waals surface area contributed by atoms with Crippen molar-refractivity contribution in [3.63, 3.8) is 0 Å². The molecule has 2 fully saturated rings. The van der Waals surface area contributed by atoms with Gasteiger partial charge in [-0.25, -0.2) is 0 Å². The van der Waals surface area contributed by atoms with Crippen molar-refractivity contribution in [3.05, 3.63) is 46.8 Å². The molecule has 3 heterocycles. The molecule has 0 amide bonds. The molecular weight excluding hydrogens is 366 g/mol. The highest BCUT2D eigenvalue weighted by molar-refractivity contribution is 5.37. The average molecular weight is 400 g/mol. The van der Waals surface area contributed by atoms with Crippen LogP contribution in [0.25, 0.3) is 0 Å². The molecule has 1 aromatic carbocycles. The standard InChI is InChI=1S/C23H33N3O3/c1-3-5-20-15-21(24-29-20)22-6-4-9-26(22)16-18-7-8-23(27-2)19(14-18)17-25-10-12-28-13-11-25/h7-8,14-15,22H,3-6,9-13,16-17H2,1-2H3/t22-/m1/s1. The second-order valence-corrected chi connectivity index (χ2v) is 8.13. The molecule has 158 valence electrons. The van der Waals surface area contributed by atoms with Gasteiger partial charge < -0.3 is 14.0 Å². The highest BCUT2D eigenvalue weighted by atomic mass is 16.5. The van der Waals surface area contributed by atoms with Crippen LogP contribution in [-0.2, 0) is 24.2 Å². The summed E-state index contributed by atoms with van der Waals surface area (Å²) in [6.07, 6.45) is 4.40. The zero-order chi connectivity index (χ0) is 20.1. The number of aromatic nitrogens is 1. The largest absolute Gasteiger partial charge is 0.496 e. The predicted molar refractivity (Wildman–Crippen MR) is 112 cm³/mol. The maximum Gasteiger partial charge on any atom is 0.137 e. The second kappa shape index (κ2) is 9.74. The molecular formula is C23H33N3O3. The number of hydrogen-bond acceptors (Lipinski definition) is 6. The van der Waals surface area contributed by atoms with Crippen molar-refractivity contribution in [2.45, 2.75) is 51.7 Å². The Morgan fingerprint density at radius 2 is 2.00 bits per heavy atom. The molecule has 2 saturated heterocycles. The van der Waals surface area contributed by atoms with Crippen LogP contribution in [0.2, 0.25) is 0 Å². The number of ether oxygens (including phenoxy) is 2. The van der Waals surface area contributed by atoms with Gasteiger partial charge in [-0.1, -0.05) is 18.1 Å². The minimum atomic E-state index is 0.356. The summed E-state index contributed by atoms with van der Waals surface area (Å²) in [5.74, 6) is 1.98. The van der Waals surface area contributed by atoms with Gasteiger partial charge in [0, 0.05) is 44.2 Å². The Morgan fingerprint density at radius 1 is 1.14 bits per heavy atom. The van der Waals surface area contributed by atoms with Crippen molar-refractivity contribution < 1.29 is 14.0 Å². The van der Waals surface area contributed by atoms with Crippen LogP contribution in [0.3, 0.4) is 0 Å². The first-order chi connectivity index (χ1) is 14.3. The third-order valence-electron chi connectivity index (χ3n) is 6.01. The van der Waals surface area contributed by atoms with Crippen LogP contribution >= 0.6 is 0 Å². The van der Waals surface area contributed by atoms with Crippen LogP contribution in [0.4, 0.5) is 0 Å². The number of methoxy groups -OCH3 is 1. The molecule has 0 unspecified atom stereocenters. The fraction of sp³-hybridized carbons (Fsp3) is 0.609. The van der Waals surface area contributed by atoms with E-state index in [0.717, 1.165) is 82.4 Å². The molecule has 0 saturated carbocycles. The monoisotopic (exact) mass is 399 g/mol. The molecule has 1 aromatic heterocycles. The van der Waals surface area contributed by atoms with Crippen LogP contribution < -0.4 is 4.74 Å². The lowest BCUT2D eigenvalue weighted by Crippen LogP contribution is -2.35. The Morgan fingerprint density at radius 3 is 2.79 bits per heavy atom. The first-order valence-corrected chi connectivity index (χ1v) is 10.9. The first-order valence-electron chi connectivity index (χ1n) is 10.9. The summed E-state index contributed by atoms with van der Waals surface area (Å²) in [6.45, 7) is 8.70. The maximum atomic E-state index is 5.63. The smallest absolute Gasteiger partial charge is 0.137 e. The van der Waals surface area contributed by atoms with Crippen LogP contribution in [-0.4, -0.2) is 54.9 Å². The number of nitrogens with zero attached hydrogens (tertiary/aromatic N) is 3. The number of aryl methyl sites for hydroxylation is 1. The van der Waals surface area contributed by atoms with E-state index < -0.39 is 0 Å². The Kier molecular flexibility index (Phi) is 6.85. The Labute approximate surface area is 173 Å². The molecule has 0 radical (unpaired) electrons. The van der Waals surface area contributed by atoms with Gasteiger partial charge in [-0.2, -0.15) is 0 Å². The highest BCUT2D eigenvalue weighted by Crippen LogP contribution is 2.33. The quantitative estimate of drug-likeness (QED) is 0.673. The van der Waals surface area contributed by atoms with Crippen molar-refractivity contribution >= 4 is 0 Å². The van der Waals surface area contributed by atoms with E-state index in [9.17, 15) is 0 Å². The molecule has 6 heteroatoms. The summed E-state index contributed by atoms with van der Waals surface area (Å²) in [7, 11) is 1.76. The van der Waals surface area contributed by atoms with Crippen molar-refractivity contribution in [2.24, 2.45) is 0 Å². The molecule has 0 bridgehead atoms. The zero-order valence-electron chi connectivity index (χ0n) is 17.7. The minimum Gasteiger partial charge on any atom is -0.496 e. The minimum absolute atomic E-state index is 0.356. The van der Waals surface area contributed by atoms with E-state index in [1.165, 1.54) is 17.5 Å². The van der Waals surface area contributed by atoms with E-state index in [0.29, 0.717) is 6.04 Å². The summed E-state index contributed by atoms with van der Waals surface area (Å²) in [4.78, 5) is 4.97. The highest BCUT2D eigenvalue weighted by Gasteiger charge is 2.29. The van der Waals surface area contributed by atoms with Gasteiger partial charge in [0.2, 0.25) is 0 Å². The Hall–Kier alpha value is -1.89. The molecule has 0 aliphatic carbocycles. The molecule has 2 aliphatic heterocycles. The number of likely N-dealkylation sites (tertiary alicyclic amines) is 1. The van der Waals surface area contributed by atoms with Gasteiger partial charge in [-0.05, 0) is 43.5 Å². The van der Waals surface area contributed by atoms with Crippen LogP contribution in [0.5, 0.6) is 5.75 Å². The molecule has 1 atom stereocenters. The van der Waals surface area contributed by atoms with Crippen LogP contribution in [0, 0.1) is 0 Å². The van der Waals surface area contributed by atoms with E-state index in [2.05, 4.69) is 46.1 Å². The lowest BCUT2D eigenvalue weighted by Gasteiger charge is -2.28. The van der Waals surface area contributed by atoms with Crippen molar-refractivity contribution in [1.82, 2.24) is 15.0 Å². The van der Waals surface area contributed by atoms with E-state index in [1.54, 1.807) is 7.11 Å². The topological polar surface area (TPSA) is 51.0 Å². The molecule has 2 aromatic rings. The molecule has 0 spiro atoms. The van der Waals surface area contributed by atoms with Crippen LogP contribution in [0.1, 0.15) is 54.8 Å². The van der Waals surface area contributed by atoms with E-state index in [4.69, 9.17) is 14.0 Å². The van der Waals surface area contributed by atoms with E-state index in [1.807, 2.05) is 0 Å². The Bertz CT molecular complexity index is 785. The summed E-state index contributed by atoms with van der Waals surface area (Å²) >= 11 is 0. The first kappa shape index (κ1) is 20.4. The summed E-state index contributed by atoms with van der Waals surface area (Å²) in [5.41, 5.74) is 3.68. The molecule has 6 nitrogen and oxygen atoms in total. The van der Waals surface area contributed by atoms with Gasteiger partial charge in [-0.15, -0.1) is 0 Å². The van der Waals surface area contributed by atoms with Crippen molar-refractivity contribution in [3.8, 4) is 5.75 Å². The van der Waals surface area contributed by atoms with E-state index in [-0.39, 0.29) is 0 Å². The van der Waals surface area contributed by atoms with Gasteiger partial charge in [0.15, 0.2) is 0 Å². The van der Waals surface area contributed by atoms with Gasteiger partial charge in [0.05, 0.1) is 26.4 Å². The lowest BCUT2D eigenvalue weighted by molar-refractivity contribution is 0.0338. The SMILES string of the molecule is CCCc1cc([C@H]2CCCN2Cc2ccc(OC)c(CN3CCOCC3)c2)no1. The van der Waals surface area contributed by atoms with Crippen LogP contribution in [0.15, 0.2) is 28.8 Å². The predicted octanol–water partition coefficient (Wildman–Crippen LogP) is 3.81. The summed E-state index contributed by atoms with van der Waals surface area (Å²) in [6, 6.07) is 9.14. The normalized spacial score (nSPS) is 21.0. The third kappa shape index (κ3) is 5.00. The molecule has 4 rings (SSSR count). The fourth-order valence-corrected chi connectivity index (χ4v) is 4.49. The molecule has 2 aliphatic rings. The fourth-order valence-electron chi connectivity index (χ4n) is 4.49. The van der Waals surface area contributed by atoms with Gasteiger partial charge in [0.25, 0.3) is 0 Å². The van der Waals surface area contributed by atoms with Gasteiger partial charge in [-0.3, -0.25) is 9.80 Å². The second-order valence-electron chi connectivity index (χ2n) is 8.13. The van der Waals surface area contributed by atoms with Gasteiger partial charge in [0.1, 0.15) is 17.2 Å². The number of hydrogen-bond donors (Lipinski definition) is 0.